The zero-order valence-corrected chi connectivity index (χ0v) is 8.84. The van der Waals surface area contributed by atoms with Crippen molar-refractivity contribution in [3.8, 4) is 0 Å². The molecule has 0 fully saturated rings. The van der Waals surface area contributed by atoms with Gasteiger partial charge in [0.2, 0.25) is 0 Å². The van der Waals surface area contributed by atoms with E-state index in [1.807, 2.05) is 17.0 Å². The largest absolute Gasteiger partial charge is 0.268 e. The molecule has 1 rings (SSSR count). The van der Waals surface area contributed by atoms with E-state index in [-0.39, 0.29) is 0 Å². The van der Waals surface area contributed by atoms with Gasteiger partial charge in [0.1, 0.15) is 0 Å². The molecule has 1 heterocycles. The first-order valence-corrected chi connectivity index (χ1v) is 4.90. The van der Waals surface area contributed by atoms with Crippen LogP contribution in [-0.4, -0.2) is 9.78 Å². The van der Waals surface area contributed by atoms with Gasteiger partial charge in [-0.3, -0.25) is 4.68 Å². The summed E-state index contributed by atoms with van der Waals surface area (Å²) < 4.78 is 3.10. The fourth-order valence-electron chi connectivity index (χ4n) is 1.13. The summed E-state index contributed by atoms with van der Waals surface area (Å²) in [4.78, 5) is 0. The highest BCUT2D eigenvalue weighted by atomic mass is 79.9. The molecule has 0 spiro atoms. The molecule has 0 unspecified atom stereocenters. The van der Waals surface area contributed by atoms with Crippen molar-refractivity contribution in [2.45, 2.75) is 26.3 Å². The lowest BCUT2D eigenvalue weighted by molar-refractivity contribution is 0.581. The van der Waals surface area contributed by atoms with E-state index < -0.39 is 0 Å². The summed E-state index contributed by atoms with van der Waals surface area (Å²) in [6.45, 7) is 6.84. The van der Waals surface area contributed by atoms with Crippen molar-refractivity contribution in [3.63, 3.8) is 0 Å². The van der Waals surface area contributed by atoms with Gasteiger partial charge in [0.25, 0.3) is 0 Å². The van der Waals surface area contributed by atoms with Gasteiger partial charge in [0, 0.05) is 13.0 Å². The van der Waals surface area contributed by atoms with Crippen LogP contribution in [0.5, 0.6) is 0 Å². The van der Waals surface area contributed by atoms with Crippen LogP contribution >= 0.6 is 15.9 Å². The molecule has 3 heteroatoms. The van der Waals surface area contributed by atoms with Gasteiger partial charge < -0.3 is 0 Å². The van der Waals surface area contributed by atoms with Crippen LogP contribution in [0.15, 0.2) is 23.3 Å². The molecule has 0 radical (unpaired) electrons. The zero-order chi connectivity index (χ0) is 8.97. The maximum absolute atomic E-state index is 4.25. The lowest BCUT2D eigenvalue weighted by Crippen LogP contribution is -2.03. The smallest absolute Gasteiger partial charge is 0.0635 e. The molecule has 0 aliphatic heterocycles. The molecule has 0 atom stereocenters. The molecule has 0 saturated carbocycles. The predicted octanol–water partition coefficient (Wildman–Crippen LogP) is 2.78. The summed E-state index contributed by atoms with van der Waals surface area (Å²) in [6, 6.07) is 0. The van der Waals surface area contributed by atoms with Crippen LogP contribution in [0.4, 0.5) is 0 Å². The molecule has 0 aliphatic carbocycles. The van der Waals surface area contributed by atoms with Gasteiger partial charge in [-0.05, 0) is 22.4 Å². The lowest BCUT2D eigenvalue weighted by atomic mass is 10.3. The third-order valence-electron chi connectivity index (χ3n) is 1.67. The second-order valence-electron chi connectivity index (χ2n) is 2.66. The Morgan fingerprint density at radius 1 is 1.75 bits per heavy atom. The van der Waals surface area contributed by atoms with Crippen molar-refractivity contribution in [1.82, 2.24) is 9.78 Å². The van der Waals surface area contributed by atoms with Crippen molar-refractivity contribution in [2.24, 2.45) is 0 Å². The molecular formula is C9H13BrN2. The molecular weight excluding hydrogens is 216 g/mol. The van der Waals surface area contributed by atoms with Gasteiger partial charge in [0.05, 0.1) is 16.4 Å². The summed E-state index contributed by atoms with van der Waals surface area (Å²) >= 11 is 3.46. The van der Waals surface area contributed by atoms with Gasteiger partial charge in [-0.25, -0.2) is 0 Å². The quantitative estimate of drug-likeness (QED) is 0.726. The highest BCUT2D eigenvalue weighted by Gasteiger charge is 2.04. The van der Waals surface area contributed by atoms with E-state index in [4.69, 9.17) is 0 Å². The molecule has 0 aromatic carbocycles. The van der Waals surface area contributed by atoms with E-state index >= 15 is 0 Å². The van der Waals surface area contributed by atoms with Crippen LogP contribution < -0.4 is 0 Å². The minimum Gasteiger partial charge on any atom is -0.268 e. The van der Waals surface area contributed by atoms with E-state index in [0.29, 0.717) is 0 Å². The van der Waals surface area contributed by atoms with E-state index in [2.05, 4.69) is 34.5 Å². The van der Waals surface area contributed by atoms with E-state index in [9.17, 15) is 0 Å². The first-order valence-electron chi connectivity index (χ1n) is 4.10. The molecule has 1 aromatic heterocycles. The Morgan fingerprint density at radius 3 is 3.08 bits per heavy atom. The molecule has 12 heavy (non-hydrogen) atoms. The van der Waals surface area contributed by atoms with Crippen molar-refractivity contribution >= 4 is 15.9 Å². The molecule has 2 nitrogen and oxygen atoms in total. The Labute approximate surface area is 81.4 Å². The van der Waals surface area contributed by atoms with Crippen LogP contribution in [0.25, 0.3) is 0 Å². The average Bonchev–Trinajstić information content (AvgIpc) is 2.37. The Morgan fingerprint density at radius 2 is 2.50 bits per heavy atom. The number of aryl methyl sites for hydroxylation is 1. The van der Waals surface area contributed by atoms with Crippen molar-refractivity contribution in [1.29, 1.82) is 0 Å². The first-order chi connectivity index (χ1) is 5.79. The zero-order valence-electron chi connectivity index (χ0n) is 7.26. The van der Waals surface area contributed by atoms with Crippen molar-refractivity contribution < 1.29 is 0 Å². The number of halogens is 1. The van der Waals surface area contributed by atoms with Crippen LogP contribution in [0.3, 0.4) is 0 Å². The van der Waals surface area contributed by atoms with Gasteiger partial charge in [0.15, 0.2) is 0 Å². The van der Waals surface area contributed by atoms with Crippen molar-refractivity contribution in [2.75, 3.05) is 0 Å². The number of hydrogen-bond acceptors (Lipinski definition) is 1. The SMILES string of the molecule is C=CCc1c(Br)cnn1CCC. The predicted molar refractivity (Wildman–Crippen MR) is 54.1 cm³/mol. The molecule has 66 valence electrons. The normalized spacial score (nSPS) is 10.2. The fraction of sp³-hybridized carbons (Fsp3) is 0.444. The topological polar surface area (TPSA) is 17.8 Å². The third-order valence-corrected chi connectivity index (χ3v) is 2.33. The first kappa shape index (κ1) is 9.52. The molecule has 0 amide bonds. The maximum atomic E-state index is 4.25. The highest BCUT2D eigenvalue weighted by molar-refractivity contribution is 9.10. The Hall–Kier alpha value is -0.570. The number of rotatable bonds is 4. The second kappa shape index (κ2) is 4.45. The summed E-state index contributed by atoms with van der Waals surface area (Å²) in [6.07, 6.45) is 5.72. The summed E-state index contributed by atoms with van der Waals surface area (Å²) in [5.41, 5.74) is 1.21. The third kappa shape index (κ3) is 1.97. The Bertz CT molecular complexity index is 265. The van der Waals surface area contributed by atoms with Crippen LogP contribution in [-0.2, 0) is 13.0 Å². The summed E-state index contributed by atoms with van der Waals surface area (Å²) in [5, 5.41) is 4.25. The van der Waals surface area contributed by atoms with E-state index in [1.54, 1.807) is 0 Å². The van der Waals surface area contributed by atoms with Crippen LogP contribution in [0.1, 0.15) is 19.0 Å². The highest BCUT2D eigenvalue weighted by Crippen LogP contribution is 2.16. The summed E-state index contributed by atoms with van der Waals surface area (Å²) in [5.74, 6) is 0. The molecule has 0 aliphatic rings. The molecule has 1 aromatic rings. The monoisotopic (exact) mass is 228 g/mol. The van der Waals surface area contributed by atoms with Crippen LogP contribution in [0, 0.1) is 0 Å². The van der Waals surface area contributed by atoms with E-state index in [1.165, 1.54) is 5.69 Å². The Kier molecular flexibility index (Phi) is 3.53. The fourth-order valence-corrected chi connectivity index (χ4v) is 1.59. The average molecular weight is 229 g/mol. The van der Waals surface area contributed by atoms with E-state index in [0.717, 1.165) is 23.9 Å². The minimum atomic E-state index is 0.876. The maximum Gasteiger partial charge on any atom is 0.0635 e. The second-order valence-corrected chi connectivity index (χ2v) is 3.51. The van der Waals surface area contributed by atoms with Gasteiger partial charge in [-0.2, -0.15) is 5.10 Å². The van der Waals surface area contributed by atoms with Crippen LogP contribution in [0.2, 0.25) is 0 Å². The lowest BCUT2D eigenvalue weighted by Gasteiger charge is -2.03. The number of nitrogens with zero attached hydrogens (tertiary/aromatic N) is 2. The standard InChI is InChI=1S/C9H13BrN2/c1-3-5-9-8(10)7-11-12(9)6-4-2/h3,7H,1,4-6H2,2H3. The Balaban J connectivity index is 2.86. The van der Waals surface area contributed by atoms with Gasteiger partial charge >= 0.3 is 0 Å². The number of aromatic nitrogens is 2. The molecule has 0 bridgehead atoms. The van der Waals surface area contributed by atoms with Gasteiger partial charge in [-0.1, -0.05) is 13.0 Å². The molecule has 0 N–H and O–H groups in total. The minimum absolute atomic E-state index is 0.876. The number of allylic oxidation sites excluding steroid dienone is 1. The number of hydrogen-bond donors (Lipinski definition) is 0. The summed E-state index contributed by atoms with van der Waals surface area (Å²) in [7, 11) is 0. The molecule has 0 saturated heterocycles. The van der Waals surface area contributed by atoms with Crippen molar-refractivity contribution in [3.05, 3.63) is 29.0 Å². The van der Waals surface area contributed by atoms with Gasteiger partial charge in [-0.15, -0.1) is 6.58 Å².